The van der Waals surface area contributed by atoms with Gasteiger partial charge >= 0.3 is 0 Å². The fourth-order valence-corrected chi connectivity index (χ4v) is 9.13. The third-order valence-electron chi connectivity index (χ3n) is 10.9. The molecule has 246 valence electrons. The van der Waals surface area contributed by atoms with Gasteiger partial charge in [-0.25, -0.2) is 0 Å². The summed E-state index contributed by atoms with van der Waals surface area (Å²) in [6, 6.07) is 17.9. The topological polar surface area (TPSA) is 12.0 Å². The van der Waals surface area contributed by atoms with Gasteiger partial charge in [0.15, 0.2) is 0 Å². The van der Waals surface area contributed by atoms with Crippen molar-refractivity contribution in [3.05, 3.63) is 214 Å². The Balaban J connectivity index is 0.00000142. The molecule has 1 heteroatoms. The Bertz CT molecular complexity index is 2060. The number of hydrogen-bond donors (Lipinski definition) is 1. The molecular weight excluding hydrogens is 591 g/mol. The van der Waals surface area contributed by atoms with Crippen LogP contribution in [0, 0.1) is 5.41 Å². The summed E-state index contributed by atoms with van der Waals surface area (Å²) in [4.78, 5) is 0. The second-order valence-electron chi connectivity index (χ2n) is 13.2. The van der Waals surface area contributed by atoms with Crippen LogP contribution in [0.3, 0.4) is 0 Å². The standard InChI is InChI=1S/C46H41N.C2H6.H2/c1-4-7-11-22-34-27-32-18-12-10-13-24-39(32)45(34)31-36(21-9-6-3)46(35(20-8-5-2)28-33-19-14-16-25-40(33)46)42-30-44-38(29-41(42)45)37-23-15-17-26-43(37)47-44;1-2;/h4-12,14-17,19-23,25-28,30-31,38,47H,2-3,13,18,24,29H2,1H3;1-2H3;1H/b7-4-,20-8-,21-9-,22-11-;;. The van der Waals surface area contributed by atoms with Crippen molar-refractivity contribution >= 4 is 11.8 Å². The fraction of sp³-hybridized carbons (Fsp3) is 0.208. The lowest BCUT2D eigenvalue weighted by Crippen LogP contribution is -2.42. The first-order valence-electron chi connectivity index (χ1n) is 18.0. The van der Waals surface area contributed by atoms with E-state index in [-0.39, 0.29) is 6.84 Å². The molecule has 1 heterocycles. The number of nitrogens with one attached hydrogen (secondary N) is 1. The molecule has 6 aliphatic rings. The molecule has 8 rings (SSSR count). The third kappa shape index (κ3) is 4.90. The molecule has 0 fully saturated rings. The average Bonchev–Trinajstić information content (AvgIpc) is 3.68. The fourth-order valence-electron chi connectivity index (χ4n) is 9.13. The predicted molar refractivity (Wildman–Crippen MR) is 213 cm³/mol. The highest BCUT2D eigenvalue weighted by Gasteiger charge is 2.57. The van der Waals surface area contributed by atoms with Crippen molar-refractivity contribution in [1.82, 2.24) is 0 Å². The van der Waals surface area contributed by atoms with E-state index in [2.05, 4.69) is 159 Å². The first kappa shape index (κ1) is 32.4. The van der Waals surface area contributed by atoms with Gasteiger partial charge in [0.25, 0.3) is 0 Å². The quantitative estimate of drug-likeness (QED) is 0.245. The van der Waals surface area contributed by atoms with Crippen LogP contribution < -0.4 is 5.32 Å². The average molecular weight is 640 g/mol. The zero-order valence-corrected chi connectivity index (χ0v) is 29.2. The summed E-state index contributed by atoms with van der Waals surface area (Å²) in [5, 5.41) is 3.87. The maximum Gasteiger partial charge on any atom is 0.0705 e. The van der Waals surface area contributed by atoms with Gasteiger partial charge in [0.05, 0.1) is 10.8 Å². The summed E-state index contributed by atoms with van der Waals surface area (Å²) in [6.45, 7) is 14.3. The molecule has 0 amide bonds. The van der Waals surface area contributed by atoms with Crippen molar-refractivity contribution in [2.24, 2.45) is 5.41 Å². The van der Waals surface area contributed by atoms with Crippen LogP contribution in [0.25, 0.3) is 6.08 Å². The number of benzene rings is 2. The SMILES string of the molecule is C=C/C=C\C1=Cc2ccccc2C12C(/C=C\C=C)=CC1(C(/C=C\C=C/C)=CC3=C1CCC=CC3)C1=C2C=C2Nc3ccccc3C2C1.CC.[HH]. The lowest BCUT2D eigenvalue weighted by atomic mass is 9.51. The van der Waals surface area contributed by atoms with Crippen molar-refractivity contribution in [2.75, 3.05) is 5.32 Å². The summed E-state index contributed by atoms with van der Waals surface area (Å²) < 4.78 is 0. The maximum absolute atomic E-state index is 4.12. The molecule has 0 bridgehead atoms. The zero-order valence-electron chi connectivity index (χ0n) is 29.2. The van der Waals surface area contributed by atoms with Crippen LogP contribution in [0.1, 0.15) is 70.5 Å². The van der Waals surface area contributed by atoms with Gasteiger partial charge in [0.2, 0.25) is 0 Å². The highest BCUT2D eigenvalue weighted by molar-refractivity contribution is 5.85. The monoisotopic (exact) mass is 639 g/mol. The number of hydrogen-bond acceptors (Lipinski definition) is 1. The Morgan fingerprint density at radius 1 is 0.796 bits per heavy atom. The minimum Gasteiger partial charge on any atom is -0.358 e. The molecule has 2 aromatic rings. The van der Waals surface area contributed by atoms with E-state index in [0.29, 0.717) is 5.92 Å². The highest BCUT2D eigenvalue weighted by atomic mass is 14.9. The Labute approximate surface area is 295 Å². The van der Waals surface area contributed by atoms with E-state index in [4.69, 9.17) is 0 Å². The second kappa shape index (κ2) is 13.4. The second-order valence-corrected chi connectivity index (χ2v) is 13.2. The number of para-hydroxylation sites is 1. The van der Waals surface area contributed by atoms with Gasteiger partial charge in [0.1, 0.15) is 0 Å². The molecule has 3 unspecified atom stereocenters. The third-order valence-corrected chi connectivity index (χ3v) is 10.9. The van der Waals surface area contributed by atoms with Crippen molar-refractivity contribution in [3.63, 3.8) is 0 Å². The molecule has 2 aromatic carbocycles. The Morgan fingerprint density at radius 3 is 2.37 bits per heavy atom. The lowest BCUT2D eigenvalue weighted by molar-refractivity contribution is 0.530. The zero-order chi connectivity index (χ0) is 34.0. The minimum absolute atomic E-state index is 0. The molecule has 0 radical (unpaired) electrons. The van der Waals surface area contributed by atoms with Gasteiger partial charge in [-0.1, -0.05) is 155 Å². The van der Waals surface area contributed by atoms with Crippen molar-refractivity contribution in [1.29, 1.82) is 0 Å². The Kier molecular flexibility index (Phi) is 8.86. The van der Waals surface area contributed by atoms with E-state index in [1.807, 2.05) is 26.0 Å². The van der Waals surface area contributed by atoms with E-state index in [1.54, 1.807) is 5.57 Å². The summed E-state index contributed by atoms with van der Waals surface area (Å²) in [5.74, 6) is 0.291. The van der Waals surface area contributed by atoms with Gasteiger partial charge in [0, 0.05) is 18.7 Å². The normalized spacial score (nSPS) is 26.1. The van der Waals surface area contributed by atoms with Gasteiger partial charge in [-0.15, -0.1) is 0 Å². The molecule has 1 aliphatic heterocycles. The van der Waals surface area contributed by atoms with Crippen molar-refractivity contribution < 1.29 is 1.43 Å². The van der Waals surface area contributed by atoms with Gasteiger partial charge in [-0.3, -0.25) is 0 Å². The smallest absolute Gasteiger partial charge is 0.0705 e. The molecule has 0 saturated heterocycles. The molecule has 1 N–H and O–H groups in total. The van der Waals surface area contributed by atoms with Crippen LogP contribution in [0.4, 0.5) is 5.69 Å². The van der Waals surface area contributed by atoms with Crippen LogP contribution in [0.5, 0.6) is 0 Å². The molecule has 2 spiro atoms. The number of rotatable bonds is 6. The number of allylic oxidation sites excluding steroid dienone is 23. The highest BCUT2D eigenvalue weighted by Crippen LogP contribution is 2.67. The predicted octanol–water partition coefficient (Wildman–Crippen LogP) is 12.9. The molecule has 5 aliphatic carbocycles. The first-order chi connectivity index (χ1) is 24.2. The van der Waals surface area contributed by atoms with Gasteiger partial charge in [-0.2, -0.15) is 0 Å². The molecule has 0 aromatic heterocycles. The number of anilines is 1. The van der Waals surface area contributed by atoms with E-state index in [0.717, 1.165) is 25.7 Å². The first-order valence-corrected chi connectivity index (χ1v) is 18.0. The van der Waals surface area contributed by atoms with Crippen LogP contribution in [0.15, 0.2) is 198 Å². The van der Waals surface area contributed by atoms with Crippen LogP contribution in [-0.4, -0.2) is 0 Å². The maximum atomic E-state index is 4.12. The van der Waals surface area contributed by atoms with E-state index < -0.39 is 5.41 Å². The Hall–Kier alpha value is -5.14. The summed E-state index contributed by atoms with van der Waals surface area (Å²) in [6.07, 6.45) is 40.4. The van der Waals surface area contributed by atoms with E-state index >= 15 is 0 Å². The molecule has 0 saturated carbocycles. The van der Waals surface area contributed by atoms with Crippen molar-refractivity contribution in [2.45, 2.75) is 57.8 Å². The Morgan fingerprint density at radius 2 is 1.55 bits per heavy atom. The molecule has 3 atom stereocenters. The molecule has 49 heavy (non-hydrogen) atoms. The summed E-state index contributed by atoms with van der Waals surface area (Å²) >= 11 is 0. The summed E-state index contributed by atoms with van der Waals surface area (Å²) in [7, 11) is 0. The van der Waals surface area contributed by atoms with Gasteiger partial charge in [-0.05, 0) is 107 Å². The van der Waals surface area contributed by atoms with Gasteiger partial charge < -0.3 is 5.32 Å². The van der Waals surface area contributed by atoms with Crippen LogP contribution >= 0.6 is 0 Å². The lowest BCUT2D eigenvalue weighted by Gasteiger charge is -2.50. The minimum atomic E-state index is -0.477. The van der Waals surface area contributed by atoms with Crippen LogP contribution in [-0.2, 0) is 5.41 Å². The largest absolute Gasteiger partial charge is 0.358 e. The van der Waals surface area contributed by atoms with Crippen molar-refractivity contribution in [3.8, 4) is 0 Å². The van der Waals surface area contributed by atoms with E-state index in [1.165, 1.54) is 61.5 Å². The molecule has 1 nitrogen and oxygen atoms in total. The number of fused-ring (bicyclic) bond motifs is 8. The summed E-state index contributed by atoms with van der Waals surface area (Å²) in [5.41, 5.74) is 15.6. The van der Waals surface area contributed by atoms with E-state index in [9.17, 15) is 0 Å². The molecular formula is C48H49N. The van der Waals surface area contributed by atoms with Crippen LogP contribution in [0.2, 0.25) is 0 Å².